The summed E-state index contributed by atoms with van der Waals surface area (Å²) < 4.78 is 21.9. The maximum absolute atomic E-state index is 13.1. The lowest BCUT2D eigenvalue weighted by Gasteiger charge is -2.32. The average molecular weight is 423 g/mol. The number of nitrogens with one attached hydrogen (secondary N) is 1. The highest BCUT2D eigenvalue weighted by Gasteiger charge is 2.28. The number of piperidine rings is 1. The second-order valence-electron chi connectivity index (χ2n) is 7.24. The van der Waals surface area contributed by atoms with Crippen LogP contribution in [0.15, 0.2) is 36.7 Å². The molecule has 0 aliphatic carbocycles. The molecule has 2 aromatic heterocycles. The van der Waals surface area contributed by atoms with Gasteiger partial charge in [-0.3, -0.25) is 9.89 Å². The molecule has 1 N–H and O–H groups in total. The van der Waals surface area contributed by atoms with Gasteiger partial charge in [-0.2, -0.15) is 5.10 Å². The van der Waals surface area contributed by atoms with E-state index in [-0.39, 0.29) is 18.8 Å². The molecule has 5 rings (SSSR count). The van der Waals surface area contributed by atoms with Crippen molar-refractivity contribution in [1.29, 1.82) is 0 Å². The number of fused-ring (bicyclic) bond motifs is 1. The molecule has 1 fully saturated rings. The first-order chi connectivity index (χ1) is 15.2. The van der Waals surface area contributed by atoms with Crippen molar-refractivity contribution in [3.05, 3.63) is 42.4 Å². The van der Waals surface area contributed by atoms with Gasteiger partial charge in [-0.05, 0) is 37.1 Å². The lowest BCUT2D eigenvalue weighted by molar-refractivity contribution is 0.0514. The Balaban J connectivity index is 1.28. The van der Waals surface area contributed by atoms with Gasteiger partial charge in [0.2, 0.25) is 6.79 Å². The summed E-state index contributed by atoms with van der Waals surface area (Å²) in [5.41, 5.74) is 1.93. The van der Waals surface area contributed by atoms with Crippen molar-refractivity contribution in [1.82, 2.24) is 25.1 Å². The Hall–Kier alpha value is -3.82. The largest absolute Gasteiger partial charge is 0.477 e. The SMILES string of the molecule is COc1nccnc1OC1CCCN(C(=O)c2cc(-c3ccc4c(c3)OCO4)n[nH]2)C1. The maximum Gasteiger partial charge on any atom is 0.278 e. The molecule has 0 bridgehead atoms. The van der Waals surface area contributed by atoms with E-state index in [0.717, 1.165) is 18.4 Å². The van der Waals surface area contributed by atoms with Crippen LogP contribution in [-0.4, -0.2) is 64.1 Å². The topological polar surface area (TPSA) is 112 Å². The van der Waals surface area contributed by atoms with Gasteiger partial charge < -0.3 is 23.8 Å². The van der Waals surface area contributed by atoms with E-state index < -0.39 is 0 Å². The minimum atomic E-state index is -0.195. The molecular formula is C21H21N5O5. The number of hydrogen-bond donors (Lipinski definition) is 1. The number of aromatic nitrogens is 4. The summed E-state index contributed by atoms with van der Waals surface area (Å²) in [6.45, 7) is 1.30. The predicted octanol–water partition coefficient (Wildman–Crippen LogP) is 2.29. The van der Waals surface area contributed by atoms with E-state index in [9.17, 15) is 4.79 Å². The number of nitrogens with zero attached hydrogens (tertiary/aromatic N) is 4. The number of carbonyl (C=O) groups is 1. The molecule has 10 nitrogen and oxygen atoms in total. The van der Waals surface area contributed by atoms with Crippen LogP contribution in [0.2, 0.25) is 0 Å². The fraction of sp³-hybridized carbons (Fsp3) is 0.333. The molecule has 2 aliphatic rings. The smallest absolute Gasteiger partial charge is 0.278 e. The fourth-order valence-corrected chi connectivity index (χ4v) is 3.72. The Morgan fingerprint density at radius 1 is 1.16 bits per heavy atom. The summed E-state index contributed by atoms with van der Waals surface area (Å²) in [6, 6.07) is 7.32. The quantitative estimate of drug-likeness (QED) is 0.665. The molecule has 160 valence electrons. The van der Waals surface area contributed by atoms with Crippen molar-refractivity contribution in [3.63, 3.8) is 0 Å². The Labute approximate surface area is 178 Å². The van der Waals surface area contributed by atoms with Crippen LogP contribution < -0.4 is 18.9 Å². The number of ether oxygens (including phenoxy) is 4. The molecule has 1 aromatic carbocycles. The van der Waals surface area contributed by atoms with E-state index in [1.807, 2.05) is 18.2 Å². The molecule has 10 heteroatoms. The number of rotatable bonds is 5. The number of carbonyl (C=O) groups excluding carboxylic acids is 1. The highest BCUT2D eigenvalue weighted by Crippen LogP contribution is 2.35. The summed E-state index contributed by atoms with van der Waals surface area (Å²) in [4.78, 5) is 23.1. The van der Waals surface area contributed by atoms with Gasteiger partial charge in [-0.1, -0.05) is 0 Å². The molecule has 2 aliphatic heterocycles. The first kappa shape index (κ1) is 19.2. The van der Waals surface area contributed by atoms with E-state index in [0.29, 0.717) is 47.7 Å². The van der Waals surface area contributed by atoms with Gasteiger partial charge in [0.25, 0.3) is 17.7 Å². The number of methoxy groups -OCH3 is 1. The predicted molar refractivity (Wildman–Crippen MR) is 108 cm³/mol. The van der Waals surface area contributed by atoms with E-state index in [2.05, 4.69) is 20.2 Å². The molecule has 0 saturated carbocycles. The van der Waals surface area contributed by atoms with Crippen molar-refractivity contribution in [2.24, 2.45) is 0 Å². The lowest BCUT2D eigenvalue weighted by Crippen LogP contribution is -2.44. The van der Waals surface area contributed by atoms with Crippen LogP contribution in [0.3, 0.4) is 0 Å². The summed E-state index contributed by atoms with van der Waals surface area (Å²) in [5, 5.41) is 7.16. The van der Waals surface area contributed by atoms with E-state index >= 15 is 0 Å². The van der Waals surface area contributed by atoms with Crippen molar-refractivity contribution >= 4 is 5.91 Å². The molecule has 4 heterocycles. The second kappa shape index (κ2) is 8.13. The van der Waals surface area contributed by atoms with Gasteiger partial charge in [-0.25, -0.2) is 9.97 Å². The van der Waals surface area contributed by atoms with Gasteiger partial charge in [0.05, 0.1) is 19.3 Å². The van der Waals surface area contributed by atoms with Crippen LogP contribution >= 0.6 is 0 Å². The maximum atomic E-state index is 13.1. The zero-order valence-electron chi connectivity index (χ0n) is 16.9. The van der Waals surface area contributed by atoms with E-state index in [1.54, 1.807) is 23.4 Å². The zero-order valence-corrected chi connectivity index (χ0v) is 16.9. The normalized spacial score (nSPS) is 17.5. The third-order valence-electron chi connectivity index (χ3n) is 5.25. The minimum Gasteiger partial charge on any atom is -0.477 e. The van der Waals surface area contributed by atoms with Crippen LogP contribution in [0.1, 0.15) is 23.3 Å². The molecule has 31 heavy (non-hydrogen) atoms. The molecule has 1 amide bonds. The number of aromatic amines is 1. The number of amides is 1. The first-order valence-corrected chi connectivity index (χ1v) is 9.97. The van der Waals surface area contributed by atoms with E-state index in [4.69, 9.17) is 18.9 Å². The monoisotopic (exact) mass is 423 g/mol. The first-order valence-electron chi connectivity index (χ1n) is 9.97. The highest BCUT2D eigenvalue weighted by atomic mass is 16.7. The van der Waals surface area contributed by atoms with Crippen molar-refractivity contribution in [2.75, 3.05) is 27.0 Å². The number of hydrogen-bond acceptors (Lipinski definition) is 8. The minimum absolute atomic E-state index is 0.126. The Morgan fingerprint density at radius 2 is 2.00 bits per heavy atom. The van der Waals surface area contributed by atoms with Crippen molar-refractivity contribution in [2.45, 2.75) is 18.9 Å². The van der Waals surface area contributed by atoms with Gasteiger partial charge >= 0.3 is 0 Å². The molecule has 3 aromatic rings. The number of likely N-dealkylation sites (tertiary alicyclic amines) is 1. The standard InChI is InChI=1S/C21H21N5O5/c1-28-19-20(23-7-6-22-19)31-14-3-2-8-26(11-14)21(27)16-10-15(24-25-16)13-4-5-17-18(9-13)30-12-29-17/h4-7,9-10,14H,2-3,8,11-12H2,1H3,(H,24,25). The third-order valence-corrected chi connectivity index (χ3v) is 5.25. The molecule has 1 unspecified atom stereocenters. The van der Waals surface area contributed by atoms with Gasteiger partial charge in [0, 0.05) is 24.5 Å². The Morgan fingerprint density at radius 3 is 2.87 bits per heavy atom. The van der Waals surface area contributed by atoms with Gasteiger partial charge in [0.15, 0.2) is 11.5 Å². The Bertz CT molecular complexity index is 1100. The molecule has 1 atom stereocenters. The third kappa shape index (κ3) is 3.83. The average Bonchev–Trinajstić information content (AvgIpc) is 3.48. The fourth-order valence-electron chi connectivity index (χ4n) is 3.72. The number of benzene rings is 1. The highest BCUT2D eigenvalue weighted by molar-refractivity contribution is 5.93. The van der Waals surface area contributed by atoms with Crippen molar-refractivity contribution in [3.8, 4) is 34.5 Å². The summed E-state index contributed by atoms with van der Waals surface area (Å²) >= 11 is 0. The van der Waals surface area contributed by atoms with Crippen LogP contribution in [0.25, 0.3) is 11.3 Å². The zero-order chi connectivity index (χ0) is 21.2. The van der Waals surface area contributed by atoms with Gasteiger partial charge in [-0.15, -0.1) is 0 Å². The summed E-state index contributed by atoms with van der Waals surface area (Å²) in [6.07, 6.45) is 4.53. The summed E-state index contributed by atoms with van der Waals surface area (Å²) in [5.74, 6) is 1.90. The summed E-state index contributed by atoms with van der Waals surface area (Å²) in [7, 11) is 1.52. The van der Waals surface area contributed by atoms with Crippen LogP contribution in [0, 0.1) is 0 Å². The second-order valence-corrected chi connectivity index (χ2v) is 7.24. The molecule has 0 radical (unpaired) electrons. The van der Waals surface area contributed by atoms with Crippen LogP contribution in [0.4, 0.5) is 0 Å². The van der Waals surface area contributed by atoms with Crippen molar-refractivity contribution < 1.29 is 23.7 Å². The molecular weight excluding hydrogens is 402 g/mol. The number of H-pyrrole nitrogens is 1. The lowest BCUT2D eigenvalue weighted by atomic mass is 10.1. The molecule has 0 spiro atoms. The van der Waals surface area contributed by atoms with E-state index in [1.165, 1.54) is 7.11 Å². The van der Waals surface area contributed by atoms with Crippen LogP contribution in [0.5, 0.6) is 23.3 Å². The Kier molecular flexibility index (Phi) is 5.03. The van der Waals surface area contributed by atoms with Gasteiger partial charge in [0.1, 0.15) is 11.8 Å². The van der Waals surface area contributed by atoms with Crippen LogP contribution in [-0.2, 0) is 0 Å². The molecule has 1 saturated heterocycles.